The predicted octanol–water partition coefficient (Wildman–Crippen LogP) is 3.24. The fourth-order valence-electron chi connectivity index (χ4n) is 3.75. The van der Waals surface area contributed by atoms with Crippen molar-refractivity contribution in [2.45, 2.75) is 12.8 Å². The number of aromatic amines is 1. The van der Waals surface area contributed by atoms with Crippen LogP contribution in [0.3, 0.4) is 0 Å². The third kappa shape index (κ3) is 2.96. The molecule has 0 spiro atoms. The van der Waals surface area contributed by atoms with Gasteiger partial charge in [-0.05, 0) is 43.7 Å². The highest BCUT2D eigenvalue weighted by Gasteiger charge is 2.15. The van der Waals surface area contributed by atoms with Crippen molar-refractivity contribution in [2.24, 2.45) is 17.8 Å². The first kappa shape index (κ1) is 18.3. The molecular formula is C22H24N4O2. The number of benzene rings is 2. The zero-order valence-corrected chi connectivity index (χ0v) is 16.2. The highest BCUT2D eigenvalue weighted by atomic mass is 16.5. The van der Waals surface area contributed by atoms with E-state index in [0.29, 0.717) is 18.7 Å². The topological polar surface area (TPSA) is 85.4 Å². The molecule has 0 atom stereocenters. The fourth-order valence-corrected chi connectivity index (χ4v) is 3.75. The number of fused-ring (bicyclic) bond motifs is 4. The Bertz CT molecular complexity index is 1250. The van der Waals surface area contributed by atoms with Crippen LogP contribution in [0.15, 0.2) is 47.5 Å². The average Bonchev–Trinajstić information content (AvgIpc) is 3.11. The molecule has 144 valence electrons. The van der Waals surface area contributed by atoms with Crippen LogP contribution < -0.4 is 11.1 Å². The van der Waals surface area contributed by atoms with Gasteiger partial charge >= 0.3 is 5.97 Å². The smallest absolute Gasteiger partial charge is 0.337 e. The summed E-state index contributed by atoms with van der Waals surface area (Å²) in [6.07, 6.45) is 1.90. The second-order valence-corrected chi connectivity index (χ2v) is 6.90. The summed E-state index contributed by atoms with van der Waals surface area (Å²) in [6, 6.07) is 13.8. The Morgan fingerprint density at radius 3 is 2.79 bits per heavy atom. The molecule has 0 bridgehead atoms. The van der Waals surface area contributed by atoms with Crippen LogP contribution >= 0.6 is 0 Å². The Labute approximate surface area is 162 Å². The summed E-state index contributed by atoms with van der Waals surface area (Å²) in [7, 11) is 3.44. The van der Waals surface area contributed by atoms with E-state index < -0.39 is 0 Å². The minimum absolute atomic E-state index is 0.345. The maximum Gasteiger partial charge on any atom is 0.337 e. The molecule has 2 heterocycles. The van der Waals surface area contributed by atoms with Gasteiger partial charge < -0.3 is 20.0 Å². The van der Waals surface area contributed by atoms with Gasteiger partial charge in [0, 0.05) is 29.9 Å². The number of aromatic nitrogens is 2. The number of aryl methyl sites for hydroxylation is 1. The summed E-state index contributed by atoms with van der Waals surface area (Å²) in [6.45, 7) is 1.39. The van der Waals surface area contributed by atoms with E-state index in [-0.39, 0.29) is 5.97 Å². The van der Waals surface area contributed by atoms with Crippen molar-refractivity contribution in [1.29, 1.82) is 0 Å². The van der Waals surface area contributed by atoms with Crippen LogP contribution in [0.5, 0.6) is 0 Å². The third-order valence-corrected chi connectivity index (χ3v) is 5.17. The lowest BCUT2D eigenvalue weighted by Gasteiger charge is -2.09. The highest BCUT2D eigenvalue weighted by molar-refractivity contribution is 6.11. The summed E-state index contributed by atoms with van der Waals surface area (Å²) in [5.41, 5.74) is 9.21. The minimum Gasteiger partial charge on any atom is -0.465 e. The number of H-pyrrole nitrogens is 1. The Kier molecular flexibility index (Phi) is 4.88. The number of nitrogens with two attached hydrogens (primary N) is 1. The number of hydrogen-bond donors (Lipinski definition) is 2. The quantitative estimate of drug-likeness (QED) is 0.414. The molecule has 0 unspecified atom stereocenters. The average molecular weight is 376 g/mol. The number of para-hydroxylation sites is 1. The lowest BCUT2D eigenvalue weighted by atomic mass is 10.1. The van der Waals surface area contributed by atoms with Gasteiger partial charge in [-0.3, -0.25) is 4.99 Å². The summed E-state index contributed by atoms with van der Waals surface area (Å²) in [4.78, 5) is 20.5. The largest absolute Gasteiger partial charge is 0.465 e. The normalized spacial score (nSPS) is 12.3. The van der Waals surface area contributed by atoms with Gasteiger partial charge in [0.1, 0.15) is 5.65 Å². The Morgan fingerprint density at radius 1 is 1.18 bits per heavy atom. The van der Waals surface area contributed by atoms with E-state index in [1.807, 2.05) is 31.3 Å². The van der Waals surface area contributed by atoms with Crippen molar-refractivity contribution in [3.8, 4) is 0 Å². The van der Waals surface area contributed by atoms with Crippen molar-refractivity contribution >= 4 is 38.8 Å². The number of carbonyl (C=O) groups is 1. The second kappa shape index (κ2) is 7.48. The molecule has 6 nitrogen and oxygen atoms in total. The van der Waals surface area contributed by atoms with Gasteiger partial charge in [0.25, 0.3) is 0 Å². The van der Waals surface area contributed by atoms with Crippen LogP contribution in [0.2, 0.25) is 0 Å². The van der Waals surface area contributed by atoms with E-state index in [0.717, 1.165) is 51.0 Å². The van der Waals surface area contributed by atoms with Crippen LogP contribution in [0.25, 0.3) is 32.8 Å². The number of methoxy groups -OCH3 is 1. The molecule has 2 aromatic heterocycles. The molecule has 4 aromatic rings. The third-order valence-electron chi connectivity index (χ3n) is 5.17. The summed E-state index contributed by atoms with van der Waals surface area (Å²) in [5, 5.41) is 4.04. The van der Waals surface area contributed by atoms with E-state index in [2.05, 4.69) is 21.7 Å². The molecule has 28 heavy (non-hydrogen) atoms. The Balaban J connectivity index is 2.10. The number of hydrogen-bond acceptors (Lipinski definition) is 4. The second-order valence-electron chi connectivity index (χ2n) is 6.90. The summed E-state index contributed by atoms with van der Waals surface area (Å²) < 4.78 is 7.04. The van der Waals surface area contributed by atoms with Crippen LogP contribution in [0.1, 0.15) is 23.2 Å². The molecule has 0 saturated carbocycles. The molecule has 6 heteroatoms. The standard InChI is InChI=1S/C22H24N4O2/c1-26-18-8-4-3-7-15(18)20(24-12-6-5-11-23)19-16-13-14(22(27)28-2)9-10-17(16)25-21(19)26/h3-4,7-10,13,25H,5-6,11-12,23H2,1-2H3. The van der Waals surface area contributed by atoms with Crippen molar-refractivity contribution in [3.05, 3.63) is 53.4 Å². The molecule has 0 saturated heterocycles. The van der Waals surface area contributed by atoms with Crippen LogP contribution in [-0.4, -0.2) is 35.7 Å². The van der Waals surface area contributed by atoms with Gasteiger partial charge in [-0.2, -0.15) is 0 Å². The zero-order chi connectivity index (χ0) is 19.7. The number of nitrogens with one attached hydrogen (secondary N) is 1. The van der Waals surface area contributed by atoms with Gasteiger partial charge in [-0.15, -0.1) is 0 Å². The Morgan fingerprint density at radius 2 is 2.00 bits per heavy atom. The zero-order valence-electron chi connectivity index (χ0n) is 16.2. The minimum atomic E-state index is -0.345. The van der Waals surface area contributed by atoms with E-state index in [4.69, 9.17) is 15.5 Å². The van der Waals surface area contributed by atoms with E-state index >= 15 is 0 Å². The highest BCUT2D eigenvalue weighted by Crippen LogP contribution is 2.27. The van der Waals surface area contributed by atoms with E-state index in [1.54, 1.807) is 6.07 Å². The van der Waals surface area contributed by atoms with Crippen molar-refractivity contribution in [3.63, 3.8) is 0 Å². The maximum atomic E-state index is 12.1. The van der Waals surface area contributed by atoms with E-state index in [1.165, 1.54) is 7.11 Å². The van der Waals surface area contributed by atoms with Gasteiger partial charge in [0.2, 0.25) is 0 Å². The number of esters is 1. The summed E-state index contributed by atoms with van der Waals surface area (Å²) >= 11 is 0. The first-order valence-electron chi connectivity index (χ1n) is 9.47. The van der Waals surface area contributed by atoms with Crippen molar-refractivity contribution in [1.82, 2.24) is 9.55 Å². The molecule has 0 aliphatic heterocycles. The van der Waals surface area contributed by atoms with E-state index in [9.17, 15) is 4.79 Å². The number of pyridine rings is 1. The predicted molar refractivity (Wildman–Crippen MR) is 112 cm³/mol. The molecule has 0 amide bonds. The summed E-state index contributed by atoms with van der Waals surface area (Å²) in [5.74, 6) is -0.345. The molecular weight excluding hydrogens is 352 g/mol. The number of rotatable bonds is 5. The lowest BCUT2D eigenvalue weighted by molar-refractivity contribution is 0.0601. The number of unbranched alkanes of at least 4 members (excludes halogenated alkanes) is 1. The molecule has 0 radical (unpaired) electrons. The maximum absolute atomic E-state index is 12.1. The lowest BCUT2D eigenvalue weighted by Crippen LogP contribution is -2.11. The molecule has 2 aromatic carbocycles. The molecule has 4 rings (SSSR count). The molecule has 3 N–H and O–H groups in total. The number of ether oxygens (including phenoxy) is 1. The van der Waals surface area contributed by atoms with Gasteiger partial charge in [-0.25, -0.2) is 4.79 Å². The van der Waals surface area contributed by atoms with Gasteiger partial charge in [-0.1, -0.05) is 18.2 Å². The van der Waals surface area contributed by atoms with Crippen molar-refractivity contribution < 1.29 is 9.53 Å². The SMILES string of the molecule is COC(=O)c1ccc2[nH]c3c(c(=NCCCCN)c4ccccc4n3C)c2c1. The van der Waals surface area contributed by atoms with Crippen LogP contribution in [0.4, 0.5) is 0 Å². The monoisotopic (exact) mass is 376 g/mol. The van der Waals surface area contributed by atoms with Gasteiger partial charge in [0.15, 0.2) is 0 Å². The number of nitrogens with zero attached hydrogens (tertiary/aromatic N) is 2. The molecule has 0 aliphatic carbocycles. The number of carbonyl (C=O) groups excluding carboxylic acids is 1. The fraction of sp³-hybridized carbons (Fsp3) is 0.273. The molecule has 0 fully saturated rings. The Hall–Kier alpha value is -3.12. The first-order valence-corrected chi connectivity index (χ1v) is 9.47. The molecule has 0 aliphatic rings. The van der Waals surface area contributed by atoms with Gasteiger partial charge in [0.05, 0.1) is 28.9 Å². The van der Waals surface area contributed by atoms with Crippen molar-refractivity contribution in [2.75, 3.05) is 20.2 Å². The van der Waals surface area contributed by atoms with Crippen LogP contribution in [0, 0.1) is 0 Å². The van der Waals surface area contributed by atoms with Crippen LogP contribution in [-0.2, 0) is 11.8 Å². The first-order chi connectivity index (χ1) is 13.7.